The van der Waals surface area contributed by atoms with E-state index in [1.54, 1.807) is 14.1 Å². The lowest BCUT2D eigenvalue weighted by molar-refractivity contribution is 0.103. The average Bonchev–Trinajstić information content (AvgIpc) is 3.47. The molecular formula is C21H22N4O2S2. The van der Waals surface area contributed by atoms with E-state index in [-0.39, 0.29) is 11.1 Å². The average molecular weight is 427 g/mol. The highest BCUT2D eigenvalue weighted by Gasteiger charge is 2.28. The van der Waals surface area contributed by atoms with Crippen molar-refractivity contribution in [3.8, 4) is 0 Å². The third-order valence-corrected chi connectivity index (χ3v) is 7.13. The topological polar surface area (TPSA) is 75.2 Å². The maximum atomic E-state index is 13.1. The number of hydrogen-bond acceptors (Lipinski definition) is 6. The molecule has 2 aromatic heterocycles. The lowest BCUT2D eigenvalue weighted by atomic mass is 10.1. The molecule has 0 saturated heterocycles. The predicted octanol–water partition coefficient (Wildman–Crippen LogP) is 5.21. The number of para-hydroxylation sites is 1. The molecule has 0 bridgehead atoms. The highest BCUT2D eigenvalue weighted by molar-refractivity contribution is 8.13. The standard InChI is InChI=1S/C21H22N4O2S2/c1-11-16-12(2)22-18(13-9-10-13)24-20(16)29-17(11)19(26)23-14-7-5-6-8-15(14)28-21(27)25(3)4/h5-8,13H,9-10H2,1-4H3,(H,23,26). The zero-order valence-corrected chi connectivity index (χ0v) is 18.4. The number of anilines is 1. The first kappa shape index (κ1) is 19.8. The van der Waals surface area contributed by atoms with E-state index in [4.69, 9.17) is 4.98 Å². The summed E-state index contributed by atoms with van der Waals surface area (Å²) < 4.78 is 0. The predicted molar refractivity (Wildman–Crippen MR) is 118 cm³/mol. The van der Waals surface area contributed by atoms with E-state index < -0.39 is 0 Å². The molecule has 1 aliphatic carbocycles. The molecule has 0 radical (unpaired) electrons. The summed E-state index contributed by atoms with van der Waals surface area (Å²) >= 11 is 2.50. The number of hydrogen-bond donors (Lipinski definition) is 1. The number of rotatable bonds is 4. The summed E-state index contributed by atoms with van der Waals surface area (Å²) in [5.74, 6) is 1.17. The van der Waals surface area contributed by atoms with Crippen molar-refractivity contribution in [3.63, 3.8) is 0 Å². The highest BCUT2D eigenvalue weighted by atomic mass is 32.2. The second-order valence-electron chi connectivity index (χ2n) is 7.39. The summed E-state index contributed by atoms with van der Waals surface area (Å²) in [7, 11) is 3.41. The molecule has 4 rings (SSSR count). The number of nitrogens with one attached hydrogen (secondary N) is 1. The van der Waals surface area contributed by atoms with Gasteiger partial charge in [0.15, 0.2) is 0 Å². The second-order valence-corrected chi connectivity index (χ2v) is 9.38. The van der Waals surface area contributed by atoms with E-state index in [1.807, 2.05) is 38.1 Å². The Balaban J connectivity index is 1.64. The number of benzene rings is 1. The molecule has 150 valence electrons. The Morgan fingerprint density at radius 2 is 1.90 bits per heavy atom. The first-order valence-corrected chi connectivity index (χ1v) is 11.1. The number of nitrogens with zero attached hydrogens (tertiary/aromatic N) is 3. The summed E-state index contributed by atoms with van der Waals surface area (Å²) in [6, 6.07) is 7.33. The fourth-order valence-electron chi connectivity index (χ4n) is 3.12. The van der Waals surface area contributed by atoms with Crippen LogP contribution in [0, 0.1) is 13.8 Å². The minimum Gasteiger partial charge on any atom is -0.339 e. The van der Waals surface area contributed by atoms with Crippen molar-refractivity contribution in [2.75, 3.05) is 19.4 Å². The van der Waals surface area contributed by atoms with E-state index in [0.29, 0.717) is 21.4 Å². The molecule has 1 fully saturated rings. The van der Waals surface area contributed by atoms with Gasteiger partial charge in [-0.05, 0) is 56.1 Å². The molecule has 0 spiro atoms. The van der Waals surface area contributed by atoms with Gasteiger partial charge in [0, 0.05) is 30.3 Å². The Labute approximate surface area is 177 Å². The monoisotopic (exact) mass is 426 g/mol. The van der Waals surface area contributed by atoms with Crippen molar-refractivity contribution in [1.82, 2.24) is 14.9 Å². The van der Waals surface area contributed by atoms with Gasteiger partial charge >= 0.3 is 0 Å². The van der Waals surface area contributed by atoms with Crippen molar-refractivity contribution in [3.05, 3.63) is 46.2 Å². The van der Waals surface area contributed by atoms with Crippen molar-refractivity contribution in [2.45, 2.75) is 37.5 Å². The number of carbonyl (C=O) groups is 2. The van der Waals surface area contributed by atoms with Crippen molar-refractivity contribution < 1.29 is 9.59 Å². The van der Waals surface area contributed by atoms with Gasteiger partial charge in [0.1, 0.15) is 10.7 Å². The fraction of sp³-hybridized carbons (Fsp3) is 0.333. The number of thiophene rings is 1. The maximum Gasteiger partial charge on any atom is 0.286 e. The quantitative estimate of drug-likeness (QED) is 0.580. The fourth-order valence-corrected chi connectivity index (χ4v) is 5.00. The van der Waals surface area contributed by atoms with E-state index >= 15 is 0 Å². The molecule has 8 heteroatoms. The Morgan fingerprint density at radius 1 is 1.17 bits per heavy atom. The number of fused-ring (bicyclic) bond motifs is 1. The van der Waals surface area contributed by atoms with Crippen LogP contribution in [0.15, 0.2) is 29.2 Å². The zero-order valence-electron chi connectivity index (χ0n) is 16.8. The van der Waals surface area contributed by atoms with Crippen LogP contribution in [0.3, 0.4) is 0 Å². The first-order chi connectivity index (χ1) is 13.8. The van der Waals surface area contributed by atoms with E-state index in [2.05, 4.69) is 10.3 Å². The molecule has 0 aliphatic heterocycles. The molecule has 6 nitrogen and oxygen atoms in total. The first-order valence-electron chi connectivity index (χ1n) is 9.42. The van der Waals surface area contributed by atoms with Crippen LogP contribution in [0.25, 0.3) is 10.2 Å². The van der Waals surface area contributed by atoms with E-state index in [0.717, 1.165) is 51.9 Å². The number of amides is 2. The van der Waals surface area contributed by atoms with Gasteiger partial charge in [-0.3, -0.25) is 9.59 Å². The normalized spacial score (nSPS) is 13.5. The van der Waals surface area contributed by atoms with Crippen LogP contribution >= 0.6 is 23.1 Å². The maximum absolute atomic E-state index is 13.1. The second kappa shape index (κ2) is 7.76. The Bertz CT molecular complexity index is 1120. The van der Waals surface area contributed by atoms with Crippen LogP contribution < -0.4 is 5.32 Å². The highest BCUT2D eigenvalue weighted by Crippen LogP contribution is 2.40. The summed E-state index contributed by atoms with van der Waals surface area (Å²) in [6.07, 6.45) is 2.28. The van der Waals surface area contributed by atoms with E-state index in [1.165, 1.54) is 16.2 Å². The van der Waals surface area contributed by atoms with Gasteiger partial charge in [0.25, 0.3) is 11.1 Å². The van der Waals surface area contributed by atoms with Crippen molar-refractivity contribution in [2.24, 2.45) is 0 Å². The molecule has 1 N–H and O–H groups in total. The number of aromatic nitrogens is 2. The van der Waals surface area contributed by atoms with Gasteiger partial charge in [-0.2, -0.15) is 0 Å². The molecule has 0 atom stereocenters. The van der Waals surface area contributed by atoms with Crippen LogP contribution in [0.2, 0.25) is 0 Å². The number of aryl methyl sites for hydroxylation is 2. The molecular weight excluding hydrogens is 404 g/mol. The molecule has 2 amide bonds. The van der Waals surface area contributed by atoms with E-state index in [9.17, 15) is 9.59 Å². The van der Waals surface area contributed by atoms with Gasteiger partial charge < -0.3 is 10.2 Å². The van der Waals surface area contributed by atoms with Gasteiger partial charge in [0.2, 0.25) is 0 Å². The molecule has 29 heavy (non-hydrogen) atoms. The lowest BCUT2D eigenvalue weighted by Crippen LogP contribution is -2.17. The summed E-state index contributed by atoms with van der Waals surface area (Å²) in [6.45, 7) is 3.92. The third kappa shape index (κ3) is 4.00. The van der Waals surface area contributed by atoms with Gasteiger partial charge in [0.05, 0.1) is 16.3 Å². The zero-order chi connectivity index (χ0) is 20.7. The van der Waals surface area contributed by atoms with Crippen LogP contribution in [0.5, 0.6) is 0 Å². The Hall–Kier alpha value is -2.45. The molecule has 0 unspecified atom stereocenters. The molecule has 2 heterocycles. The van der Waals surface area contributed by atoms with Crippen molar-refractivity contribution in [1.29, 1.82) is 0 Å². The van der Waals surface area contributed by atoms with Gasteiger partial charge in [-0.15, -0.1) is 11.3 Å². The minimum absolute atomic E-state index is 0.0942. The Morgan fingerprint density at radius 3 is 2.59 bits per heavy atom. The van der Waals surface area contributed by atoms with Crippen LogP contribution in [-0.2, 0) is 0 Å². The van der Waals surface area contributed by atoms with Gasteiger partial charge in [-0.25, -0.2) is 9.97 Å². The molecule has 1 aliphatic rings. The SMILES string of the molecule is Cc1nc(C2CC2)nc2sc(C(=O)Nc3ccccc3SC(=O)N(C)C)c(C)c12. The third-order valence-electron chi connectivity index (χ3n) is 4.83. The number of thioether (sulfide) groups is 1. The van der Waals surface area contributed by atoms with Crippen molar-refractivity contribution >= 4 is 50.1 Å². The summed E-state index contributed by atoms with van der Waals surface area (Å²) in [5.41, 5.74) is 2.45. The summed E-state index contributed by atoms with van der Waals surface area (Å²) in [4.78, 5) is 38.3. The smallest absolute Gasteiger partial charge is 0.286 e. The summed E-state index contributed by atoms with van der Waals surface area (Å²) in [5, 5.41) is 3.85. The van der Waals surface area contributed by atoms with Crippen LogP contribution in [0.1, 0.15) is 45.5 Å². The number of carbonyl (C=O) groups excluding carboxylic acids is 2. The molecule has 1 saturated carbocycles. The van der Waals surface area contributed by atoms with Gasteiger partial charge in [-0.1, -0.05) is 12.1 Å². The lowest BCUT2D eigenvalue weighted by Gasteiger charge is -2.13. The largest absolute Gasteiger partial charge is 0.339 e. The minimum atomic E-state index is -0.191. The molecule has 3 aromatic rings. The van der Waals surface area contributed by atoms with Crippen LogP contribution in [-0.4, -0.2) is 40.1 Å². The Kier molecular flexibility index (Phi) is 5.31. The van der Waals surface area contributed by atoms with Crippen LogP contribution in [0.4, 0.5) is 10.5 Å². The molecule has 1 aromatic carbocycles.